The summed E-state index contributed by atoms with van der Waals surface area (Å²) in [6, 6.07) is 12.8. The summed E-state index contributed by atoms with van der Waals surface area (Å²) in [7, 11) is 0. The summed E-state index contributed by atoms with van der Waals surface area (Å²) < 4.78 is 13.5. The Morgan fingerprint density at radius 2 is 1.81 bits per heavy atom. The molecule has 32 heavy (non-hydrogen) atoms. The molecule has 0 bridgehead atoms. The first-order valence-electron chi connectivity index (χ1n) is 10.9. The second-order valence-corrected chi connectivity index (χ2v) is 9.11. The van der Waals surface area contributed by atoms with Crippen molar-refractivity contribution in [2.75, 3.05) is 0 Å². The molecular weight excluding hydrogens is 425 g/mol. The normalized spacial score (nSPS) is 14.8. The number of carbonyl (C=O) groups excluding carboxylic acids is 2. The van der Waals surface area contributed by atoms with E-state index in [0.717, 1.165) is 36.1 Å². The van der Waals surface area contributed by atoms with E-state index in [0.29, 0.717) is 5.56 Å². The number of hydrogen-bond acceptors (Lipinski definition) is 4. The number of pyridine rings is 1. The zero-order chi connectivity index (χ0) is 22.3. The van der Waals surface area contributed by atoms with Gasteiger partial charge in [-0.25, -0.2) is 4.39 Å². The quantitative estimate of drug-likeness (QED) is 0.542. The van der Waals surface area contributed by atoms with Crippen LogP contribution in [0, 0.1) is 5.82 Å². The van der Waals surface area contributed by atoms with Crippen molar-refractivity contribution in [2.45, 2.75) is 50.7 Å². The zero-order valence-corrected chi connectivity index (χ0v) is 18.6. The van der Waals surface area contributed by atoms with Crippen LogP contribution in [0.15, 0.2) is 66.3 Å². The Labute approximate surface area is 191 Å². The van der Waals surface area contributed by atoms with Crippen LogP contribution in [-0.4, -0.2) is 27.7 Å². The van der Waals surface area contributed by atoms with E-state index < -0.39 is 6.04 Å². The molecular formula is C25H26FN3O2S. The molecule has 3 aromatic rings. The van der Waals surface area contributed by atoms with Gasteiger partial charge in [0.1, 0.15) is 11.9 Å². The SMILES string of the molecule is O=C(NC1CCCC1)C(c1ccncc1)N(Cc1ccc(F)cc1)C(=O)Cc1cccs1. The molecule has 1 aromatic carbocycles. The van der Waals surface area contributed by atoms with Gasteiger partial charge < -0.3 is 10.2 Å². The van der Waals surface area contributed by atoms with E-state index in [1.54, 1.807) is 41.6 Å². The van der Waals surface area contributed by atoms with Gasteiger partial charge in [0.05, 0.1) is 6.42 Å². The number of halogens is 1. The molecule has 1 aliphatic carbocycles. The van der Waals surface area contributed by atoms with Crippen molar-refractivity contribution >= 4 is 23.2 Å². The minimum atomic E-state index is -0.795. The predicted octanol–water partition coefficient (Wildman–Crippen LogP) is 4.65. The van der Waals surface area contributed by atoms with Gasteiger partial charge in [0.25, 0.3) is 0 Å². The van der Waals surface area contributed by atoms with Crippen LogP contribution in [0.5, 0.6) is 0 Å². The number of rotatable bonds is 8. The van der Waals surface area contributed by atoms with Gasteiger partial charge in [0.2, 0.25) is 11.8 Å². The van der Waals surface area contributed by atoms with Crippen LogP contribution in [-0.2, 0) is 22.6 Å². The molecule has 0 saturated heterocycles. The number of aromatic nitrogens is 1. The maximum Gasteiger partial charge on any atom is 0.247 e. The number of hydrogen-bond donors (Lipinski definition) is 1. The fraction of sp³-hybridized carbons (Fsp3) is 0.320. The monoisotopic (exact) mass is 451 g/mol. The average Bonchev–Trinajstić information content (AvgIpc) is 3.50. The highest BCUT2D eigenvalue weighted by Crippen LogP contribution is 2.27. The van der Waals surface area contributed by atoms with Crippen LogP contribution in [0.2, 0.25) is 0 Å². The van der Waals surface area contributed by atoms with Crippen LogP contribution >= 0.6 is 11.3 Å². The van der Waals surface area contributed by atoms with Gasteiger partial charge in [-0.15, -0.1) is 11.3 Å². The fourth-order valence-corrected chi connectivity index (χ4v) is 4.84. The number of thiophene rings is 1. The third kappa shape index (κ3) is 5.59. The summed E-state index contributed by atoms with van der Waals surface area (Å²) in [5.41, 5.74) is 1.47. The molecule has 1 N–H and O–H groups in total. The van der Waals surface area contributed by atoms with E-state index in [1.807, 2.05) is 17.5 Å². The minimum Gasteiger partial charge on any atom is -0.351 e. The average molecular weight is 452 g/mol. The van der Waals surface area contributed by atoms with Crippen molar-refractivity contribution in [1.29, 1.82) is 0 Å². The van der Waals surface area contributed by atoms with Crippen molar-refractivity contribution in [2.24, 2.45) is 0 Å². The number of nitrogens with one attached hydrogen (secondary N) is 1. The van der Waals surface area contributed by atoms with Gasteiger partial charge in [0, 0.05) is 29.9 Å². The molecule has 4 rings (SSSR count). The van der Waals surface area contributed by atoms with E-state index in [-0.39, 0.29) is 36.6 Å². The van der Waals surface area contributed by atoms with Gasteiger partial charge in [-0.3, -0.25) is 14.6 Å². The third-order valence-corrected chi connectivity index (χ3v) is 6.65. The first kappa shape index (κ1) is 22.1. The Morgan fingerprint density at radius 1 is 1.09 bits per heavy atom. The van der Waals surface area contributed by atoms with Crippen molar-refractivity contribution in [3.05, 3.63) is 88.1 Å². The Kier molecular flexibility index (Phi) is 7.27. The molecule has 1 saturated carbocycles. The van der Waals surface area contributed by atoms with Crippen LogP contribution in [0.3, 0.4) is 0 Å². The molecule has 1 unspecified atom stereocenters. The summed E-state index contributed by atoms with van der Waals surface area (Å²) in [6.07, 6.45) is 7.57. The van der Waals surface area contributed by atoms with E-state index in [1.165, 1.54) is 23.5 Å². The first-order chi connectivity index (χ1) is 15.6. The lowest BCUT2D eigenvalue weighted by molar-refractivity contribution is -0.141. The van der Waals surface area contributed by atoms with Gasteiger partial charge in [0.15, 0.2) is 0 Å². The number of amides is 2. The van der Waals surface area contributed by atoms with Crippen LogP contribution in [0.4, 0.5) is 4.39 Å². The molecule has 2 heterocycles. The Bertz CT molecular complexity index is 1020. The maximum atomic E-state index is 13.5. The lowest BCUT2D eigenvalue weighted by atomic mass is 10.0. The van der Waals surface area contributed by atoms with Crippen molar-refractivity contribution in [1.82, 2.24) is 15.2 Å². The summed E-state index contributed by atoms with van der Waals surface area (Å²) in [6.45, 7) is 0.204. The number of nitrogens with zero attached hydrogens (tertiary/aromatic N) is 2. The molecule has 5 nitrogen and oxygen atoms in total. The van der Waals surface area contributed by atoms with E-state index in [2.05, 4.69) is 10.3 Å². The largest absolute Gasteiger partial charge is 0.351 e. The molecule has 166 valence electrons. The zero-order valence-electron chi connectivity index (χ0n) is 17.7. The molecule has 2 aromatic heterocycles. The van der Waals surface area contributed by atoms with Crippen LogP contribution < -0.4 is 5.32 Å². The molecule has 7 heteroatoms. The van der Waals surface area contributed by atoms with Gasteiger partial charge >= 0.3 is 0 Å². The van der Waals surface area contributed by atoms with Crippen molar-refractivity contribution in [3.8, 4) is 0 Å². The lowest BCUT2D eigenvalue weighted by Crippen LogP contribution is -2.46. The maximum absolute atomic E-state index is 13.5. The number of carbonyl (C=O) groups is 2. The highest BCUT2D eigenvalue weighted by atomic mass is 32.1. The molecule has 0 spiro atoms. The fourth-order valence-electron chi connectivity index (χ4n) is 4.14. The summed E-state index contributed by atoms with van der Waals surface area (Å²) in [4.78, 5) is 33.6. The van der Waals surface area contributed by atoms with E-state index in [9.17, 15) is 14.0 Å². The van der Waals surface area contributed by atoms with Crippen molar-refractivity contribution < 1.29 is 14.0 Å². The van der Waals surface area contributed by atoms with Crippen LogP contribution in [0.1, 0.15) is 47.7 Å². The summed E-state index contributed by atoms with van der Waals surface area (Å²) in [5.74, 6) is -0.681. The van der Waals surface area contributed by atoms with E-state index in [4.69, 9.17) is 0 Å². The van der Waals surface area contributed by atoms with Gasteiger partial charge in [-0.1, -0.05) is 31.0 Å². The third-order valence-electron chi connectivity index (χ3n) is 5.78. The Morgan fingerprint density at radius 3 is 2.47 bits per heavy atom. The topological polar surface area (TPSA) is 62.3 Å². The Hall–Kier alpha value is -3.06. The second-order valence-electron chi connectivity index (χ2n) is 8.08. The molecule has 0 radical (unpaired) electrons. The Balaban J connectivity index is 1.67. The standard InChI is InChI=1S/C25H26FN3O2S/c26-20-9-7-18(8-10-20)17-29(23(30)16-22-6-3-15-32-22)24(19-11-13-27-14-12-19)25(31)28-21-4-1-2-5-21/h3,6-15,21,24H,1-2,4-5,16-17H2,(H,28,31). The predicted molar refractivity (Wildman–Crippen MR) is 122 cm³/mol. The molecule has 1 aliphatic rings. The van der Waals surface area contributed by atoms with Gasteiger partial charge in [-0.2, -0.15) is 0 Å². The minimum absolute atomic E-state index is 0.131. The molecule has 0 aliphatic heterocycles. The highest BCUT2D eigenvalue weighted by Gasteiger charge is 2.33. The summed E-state index contributed by atoms with van der Waals surface area (Å²) in [5, 5.41) is 5.09. The van der Waals surface area contributed by atoms with E-state index >= 15 is 0 Å². The smallest absolute Gasteiger partial charge is 0.247 e. The highest BCUT2D eigenvalue weighted by molar-refractivity contribution is 7.10. The molecule has 1 fully saturated rings. The second kappa shape index (κ2) is 10.5. The lowest BCUT2D eigenvalue weighted by Gasteiger charge is -2.32. The molecule has 2 amide bonds. The molecule has 1 atom stereocenters. The van der Waals surface area contributed by atoms with Crippen LogP contribution in [0.25, 0.3) is 0 Å². The van der Waals surface area contributed by atoms with Gasteiger partial charge in [-0.05, 0) is 59.7 Å². The van der Waals surface area contributed by atoms with Crippen molar-refractivity contribution in [3.63, 3.8) is 0 Å². The summed E-state index contributed by atoms with van der Waals surface area (Å²) >= 11 is 1.51. The first-order valence-corrected chi connectivity index (χ1v) is 11.7. The number of benzene rings is 1.